The molecule has 1 heteroatoms. The molecule has 0 heterocycles. The summed E-state index contributed by atoms with van der Waals surface area (Å²) in [5.74, 6) is 0. The van der Waals surface area contributed by atoms with Crippen LogP contribution in [0.5, 0.6) is 0 Å². The molecule has 0 aliphatic heterocycles. The summed E-state index contributed by atoms with van der Waals surface area (Å²) in [7, 11) is 0. The smallest absolute Gasteiger partial charge is 0 e. The van der Waals surface area contributed by atoms with Crippen molar-refractivity contribution in [1.82, 2.24) is 0 Å². The van der Waals surface area contributed by atoms with Crippen LogP contribution < -0.4 is 0 Å². The monoisotopic (exact) mass is 264 g/mol. The van der Waals surface area contributed by atoms with Crippen molar-refractivity contribution in [3.05, 3.63) is 23.8 Å². The molecular weight excluding hydrogens is 256 g/mol. The third-order valence-electron chi connectivity index (χ3n) is 0.867. The van der Waals surface area contributed by atoms with Gasteiger partial charge in [0.05, 0.1) is 0 Å². The van der Waals surface area contributed by atoms with Gasteiger partial charge in [0.15, 0.2) is 0 Å². The Balaban J connectivity index is 0. The van der Waals surface area contributed by atoms with E-state index in [2.05, 4.69) is 25.2 Å². The van der Waals surface area contributed by atoms with Gasteiger partial charge in [-0.25, -0.2) is 11.6 Å². The van der Waals surface area contributed by atoms with Crippen LogP contribution in [0.4, 0.5) is 0 Å². The van der Waals surface area contributed by atoms with Gasteiger partial charge in [-0.15, -0.1) is 6.42 Å². The third-order valence-corrected chi connectivity index (χ3v) is 0.867. The van der Waals surface area contributed by atoms with Gasteiger partial charge in [0.2, 0.25) is 0 Å². The molecule has 0 amide bonds. The van der Waals surface area contributed by atoms with Crippen molar-refractivity contribution in [2.75, 3.05) is 0 Å². The third kappa shape index (κ3) is 2.09. The normalized spacial score (nSPS) is 15.9. The van der Waals surface area contributed by atoms with Crippen molar-refractivity contribution in [3.8, 4) is 0 Å². The Labute approximate surface area is 60.1 Å². The van der Waals surface area contributed by atoms with Crippen LogP contribution in [0.1, 0.15) is 14.8 Å². The van der Waals surface area contributed by atoms with E-state index in [-0.39, 0.29) is 22.5 Å². The van der Waals surface area contributed by atoms with Gasteiger partial charge < -0.3 is 1.43 Å². The van der Waals surface area contributed by atoms with Crippen LogP contribution in [0, 0.1) is 6.08 Å². The summed E-state index contributed by atoms with van der Waals surface area (Å²) in [6.07, 6.45) is 8.33. The van der Waals surface area contributed by atoms with Crippen molar-refractivity contribution in [1.29, 1.82) is 0 Å². The molecule has 7 heavy (non-hydrogen) atoms. The van der Waals surface area contributed by atoms with E-state index in [9.17, 15) is 0 Å². The summed E-state index contributed by atoms with van der Waals surface area (Å²) in [6, 6.07) is 0. The van der Waals surface area contributed by atoms with Gasteiger partial charge >= 0.3 is 0 Å². The largest absolute Gasteiger partial charge is 1.00 e. The van der Waals surface area contributed by atoms with Crippen LogP contribution in [0.3, 0.4) is 0 Å². The van der Waals surface area contributed by atoms with Crippen molar-refractivity contribution >= 4 is 0 Å². The fourth-order valence-corrected chi connectivity index (χ4v) is 0.515. The van der Waals surface area contributed by atoms with E-state index in [1.54, 1.807) is 0 Å². The standard InChI is InChI=1S/C6H7.W.H/c1-6-4-2-3-5-6;;/h2,4H,3H2,1H3;;/q-1;;-1. The topological polar surface area (TPSA) is 0 Å². The Bertz CT molecular complexity index is 102. The summed E-state index contributed by atoms with van der Waals surface area (Å²) in [6.45, 7) is 2.06. The molecule has 0 fully saturated rings. The predicted molar refractivity (Wildman–Crippen MR) is 27.3 cm³/mol. The van der Waals surface area contributed by atoms with E-state index in [1.807, 2.05) is 0 Å². The molecule has 1 aliphatic rings. The Morgan fingerprint density at radius 2 is 2.57 bits per heavy atom. The summed E-state index contributed by atoms with van der Waals surface area (Å²) < 4.78 is 0. The second kappa shape index (κ2) is 3.21. The summed E-state index contributed by atoms with van der Waals surface area (Å²) in [5, 5.41) is 0. The molecule has 0 unspecified atom stereocenters. The maximum absolute atomic E-state index is 3.12. The Kier molecular flexibility index (Phi) is 3.28. The van der Waals surface area contributed by atoms with Gasteiger partial charge in [-0.05, 0) is 0 Å². The average molecular weight is 264 g/mol. The average Bonchev–Trinajstić information content (AvgIpc) is 1.86. The number of hydrogen-bond donors (Lipinski definition) is 0. The number of rotatable bonds is 0. The van der Waals surface area contributed by atoms with Crippen molar-refractivity contribution in [2.24, 2.45) is 0 Å². The number of allylic oxidation sites excluding steroid dienone is 4. The van der Waals surface area contributed by atoms with Gasteiger partial charge in [0, 0.05) is 21.1 Å². The minimum Gasteiger partial charge on any atom is -1.00 e. The van der Waals surface area contributed by atoms with E-state index in [1.165, 1.54) is 5.57 Å². The molecule has 0 bridgehead atoms. The predicted octanol–water partition coefficient (Wildman–Crippen LogP) is 1.81. The molecule has 0 N–H and O–H groups in total. The Morgan fingerprint density at radius 3 is 2.71 bits per heavy atom. The maximum Gasteiger partial charge on any atom is 0 e. The molecule has 1 aliphatic carbocycles. The molecule has 0 saturated heterocycles. The first-order valence-electron chi connectivity index (χ1n) is 2.13. The van der Waals surface area contributed by atoms with Gasteiger partial charge in [-0.3, -0.25) is 6.08 Å². The molecular formula is C6H8W-2. The van der Waals surface area contributed by atoms with E-state index < -0.39 is 0 Å². The van der Waals surface area contributed by atoms with E-state index in [0.717, 1.165) is 6.42 Å². The first-order valence-corrected chi connectivity index (χ1v) is 2.13. The van der Waals surface area contributed by atoms with Gasteiger partial charge in [0.1, 0.15) is 0 Å². The summed E-state index contributed by atoms with van der Waals surface area (Å²) in [4.78, 5) is 0. The maximum atomic E-state index is 3.12. The molecule has 0 aromatic carbocycles. The van der Waals surface area contributed by atoms with Crippen LogP contribution in [0.25, 0.3) is 0 Å². The molecule has 0 spiro atoms. The van der Waals surface area contributed by atoms with E-state index >= 15 is 0 Å². The minimum atomic E-state index is 0. The molecule has 0 aromatic rings. The van der Waals surface area contributed by atoms with Crippen LogP contribution in [-0.4, -0.2) is 0 Å². The van der Waals surface area contributed by atoms with Gasteiger partial charge in [-0.2, -0.15) is 6.08 Å². The fourth-order valence-electron chi connectivity index (χ4n) is 0.515. The molecule has 0 saturated carbocycles. The quantitative estimate of drug-likeness (QED) is 0.585. The Hall–Kier alpha value is 0.168. The second-order valence-corrected chi connectivity index (χ2v) is 1.47. The summed E-state index contributed by atoms with van der Waals surface area (Å²) in [5.41, 5.74) is 1.27. The zero-order chi connectivity index (χ0) is 4.41. The van der Waals surface area contributed by atoms with Crippen LogP contribution in [0.15, 0.2) is 17.7 Å². The van der Waals surface area contributed by atoms with E-state index in [0.29, 0.717) is 0 Å². The fraction of sp³-hybridized carbons (Fsp3) is 0.333. The molecule has 0 atom stereocenters. The van der Waals surface area contributed by atoms with E-state index in [4.69, 9.17) is 0 Å². The molecule has 0 aromatic heterocycles. The number of hydrogen-bond acceptors (Lipinski definition) is 0. The van der Waals surface area contributed by atoms with Gasteiger partial charge in [0.25, 0.3) is 0 Å². The minimum absolute atomic E-state index is 0. The van der Waals surface area contributed by atoms with Gasteiger partial charge in [-0.1, -0.05) is 6.92 Å². The Morgan fingerprint density at radius 1 is 1.86 bits per heavy atom. The molecule has 40 valence electrons. The van der Waals surface area contributed by atoms with Crippen LogP contribution >= 0.6 is 0 Å². The zero-order valence-electron chi connectivity index (χ0n) is 5.27. The first kappa shape index (κ1) is 7.17. The summed E-state index contributed by atoms with van der Waals surface area (Å²) >= 11 is 0. The van der Waals surface area contributed by atoms with Crippen LogP contribution in [0.2, 0.25) is 0 Å². The molecule has 0 radical (unpaired) electrons. The molecule has 0 nitrogen and oxygen atoms in total. The SMILES string of the molecule is CC1=[C-]CC=C1.[H-].[W]. The second-order valence-electron chi connectivity index (χ2n) is 1.47. The van der Waals surface area contributed by atoms with Crippen molar-refractivity contribution in [3.63, 3.8) is 0 Å². The zero-order valence-corrected chi connectivity index (χ0v) is 7.20. The van der Waals surface area contributed by atoms with Crippen molar-refractivity contribution in [2.45, 2.75) is 13.3 Å². The molecule has 1 rings (SSSR count). The first-order chi connectivity index (χ1) is 2.89. The van der Waals surface area contributed by atoms with Crippen LogP contribution in [-0.2, 0) is 21.1 Å². The van der Waals surface area contributed by atoms with Crippen molar-refractivity contribution < 1.29 is 22.5 Å².